The molecule has 0 bridgehead atoms. The number of fused-ring (bicyclic) bond motifs is 1. The summed E-state index contributed by atoms with van der Waals surface area (Å²) in [7, 11) is 0. The molecule has 118 valence electrons. The standard InChI is InChI=1S/C18H14N4OS/c19-8-4-5-13(9-20)10-22-12-21-17-16(18(22)23)15(11-24-17)14-6-2-1-3-7-14/h1-3,6-7,11-13H,4-5,10H2/t13-/m1/s1. The number of aromatic nitrogens is 2. The summed E-state index contributed by atoms with van der Waals surface area (Å²) in [6.07, 6.45) is 2.25. The van der Waals surface area contributed by atoms with Crippen molar-refractivity contribution in [2.24, 2.45) is 5.92 Å². The second kappa shape index (κ2) is 7.08. The Morgan fingerprint density at radius 1 is 1.25 bits per heavy atom. The lowest BCUT2D eigenvalue weighted by atomic mass is 10.1. The van der Waals surface area contributed by atoms with E-state index < -0.39 is 0 Å². The van der Waals surface area contributed by atoms with Crippen molar-refractivity contribution in [2.75, 3.05) is 0 Å². The van der Waals surface area contributed by atoms with Crippen LogP contribution < -0.4 is 5.56 Å². The first-order valence-electron chi connectivity index (χ1n) is 7.53. The Morgan fingerprint density at radius 2 is 2.04 bits per heavy atom. The molecule has 24 heavy (non-hydrogen) atoms. The Balaban J connectivity index is 2.03. The Labute approximate surface area is 143 Å². The maximum atomic E-state index is 12.9. The van der Waals surface area contributed by atoms with Crippen LogP contribution in [0.2, 0.25) is 0 Å². The summed E-state index contributed by atoms with van der Waals surface area (Å²) in [5, 5.41) is 20.4. The SMILES string of the molecule is N#CCC[C@H](C#N)Cn1cnc2scc(-c3ccccc3)c2c1=O. The minimum absolute atomic E-state index is 0.141. The Kier molecular flexibility index (Phi) is 4.69. The van der Waals surface area contributed by atoms with Gasteiger partial charge in [0.2, 0.25) is 0 Å². The van der Waals surface area contributed by atoms with Crippen molar-refractivity contribution in [1.29, 1.82) is 10.5 Å². The molecule has 0 saturated heterocycles. The highest BCUT2D eigenvalue weighted by atomic mass is 32.1. The Bertz CT molecular complexity index is 992. The predicted octanol–water partition coefficient (Wildman–Crippen LogP) is 3.57. The van der Waals surface area contributed by atoms with Gasteiger partial charge in [0, 0.05) is 23.9 Å². The molecular formula is C18H14N4OS. The fourth-order valence-corrected chi connectivity index (χ4v) is 3.51. The Morgan fingerprint density at radius 3 is 2.75 bits per heavy atom. The third-order valence-electron chi connectivity index (χ3n) is 3.85. The zero-order valence-corrected chi connectivity index (χ0v) is 13.7. The summed E-state index contributed by atoms with van der Waals surface area (Å²) < 4.78 is 1.48. The number of nitriles is 2. The molecule has 6 heteroatoms. The van der Waals surface area contributed by atoms with Gasteiger partial charge in [-0.1, -0.05) is 30.3 Å². The van der Waals surface area contributed by atoms with Gasteiger partial charge in [0.05, 0.1) is 29.8 Å². The van der Waals surface area contributed by atoms with Crippen molar-refractivity contribution < 1.29 is 0 Å². The molecule has 2 aromatic heterocycles. The minimum atomic E-state index is -0.375. The zero-order chi connectivity index (χ0) is 16.9. The van der Waals surface area contributed by atoms with Crippen molar-refractivity contribution in [2.45, 2.75) is 19.4 Å². The highest BCUT2D eigenvalue weighted by molar-refractivity contribution is 7.17. The monoisotopic (exact) mass is 334 g/mol. The molecule has 0 aliphatic rings. The van der Waals surface area contributed by atoms with Crippen LogP contribution in [0.5, 0.6) is 0 Å². The van der Waals surface area contributed by atoms with Crippen LogP contribution in [-0.4, -0.2) is 9.55 Å². The third kappa shape index (κ3) is 3.05. The molecule has 0 unspecified atom stereocenters. The normalized spacial score (nSPS) is 11.8. The third-order valence-corrected chi connectivity index (χ3v) is 4.74. The molecule has 0 aliphatic heterocycles. The van der Waals surface area contributed by atoms with E-state index >= 15 is 0 Å². The summed E-state index contributed by atoms with van der Waals surface area (Å²) >= 11 is 1.44. The van der Waals surface area contributed by atoms with Crippen LogP contribution in [0.4, 0.5) is 0 Å². The first-order valence-corrected chi connectivity index (χ1v) is 8.41. The van der Waals surface area contributed by atoms with Crippen LogP contribution in [0.3, 0.4) is 0 Å². The van der Waals surface area contributed by atoms with Gasteiger partial charge in [-0.15, -0.1) is 11.3 Å². The van der Waals surface area contributed by atoms with Gasteiger partial charge >= 0.3 is 0 Å². The van der Waals surface area contributed by atoms with Crippen LogP contribution >= 0.6 is 11.3 Å². The number of nitrogens with zero attached hydrogens (tertiary/aromatic N) is 4. The molecule has 1 atom stereocenters. The van der Waals surface area contributed by atoms with Crippen LogP contribution in [-0.2, 0) is 6.54 Å². The summed E-state index contributed by atoms with van der Waals surface area (Å²) in [5.41, 5.74) is 1.70. The summed E-state index contributed by atoms with van der Waals surface area (Å²) in [5.74, 6) is -0.375. The van der Waals surface area contributed by atoms with Crippen molar-refractivity contribution >= 4 is 21.6 Å². The van der Waals surface area contributed by atoms with E-state index in [0.717, 1.165) is 11.1 Å². The maximum Gasteiger partial charge on any atom is 0.262 e. The van der Waals surface area contributed by atoms with E-state index in [1.165, 1.54) is 22.2 Å². The highest BCUT2D eigenvalue weighted by Gasteiger charge is 2.15. The van der Waals surface area contributed by atoms with Gasteiger partial charge in [-0.25, -0.2) is 4.98 Å². The number of hydrogen-bond acceptors (Lipinski definition) is 5. The molecule has 3 aromatic rings. The van der Waals surface area contributed by atoms with Crippen molar-refractivity contribution in [3.63, 3.8) is 0 Å². The predicted molar refractivity (Wildman–Crippen MR) is 93.3 cm³/mol. The smallest absolute Gasteiger partial charge is 0.262 e. The van der Waals surface area contributed by atoms with E-state index in [-0.39, 0.29) is 18.0 Å². The van der Waals surface area contributed by atoms with Gasteiger partial charge in [-0.2, -0.15) is 10.5 Å². The fraction of sp³-hybridized carbons (Fsp3) is 0.222. The molecule has 0 aliphatic carbocycles. The van der Waals surface area contributed by atoms with Gasteiger partial charge < -0.3 is 0 Å². The maximum absolute atomic E-state index is 12.9. The molecule has 0 spiro atoms. The van der Waals surface area contributed by atoms with E-state index in [0.29, 0.717) is 23.1 Å². The molecule has 0 radical (unpaired) electrons. The van der Waals surface area contributed by atoms with Crippen LogP contribution in [0.1, 0.15) is 12.8 Å². The lowest BCUT2D eigenvalue weighted by molar-refractivity contribution is 0.499. The van der Waals surface area contributed by atoms with E-state index in [2.05, 4.69) is 11.1 Å². The summed E-state index contributed by atoms with van der Waals surface area (Å²) in [4.78, 5) is 17.9. The van der Waals surface area contributed by atoms with Gasteiger partial charge in [0.25, 0.3) is 5.56 Å². The van der Waals surface area contributed by atoms with Crippen molar-refractivity contribution in [3.8, 4) is 23.3 Å². The number of hydrogen-bond donors (Lipinski definition) is 0. The second-order valence-electron chi connectivity index (χ2n) is 5.42. The van der Waals surface area contributed by atoms with E-state index in [9.17, 15) is 10.1 Å². The number of benzene rings is 1. The molecule has 2 heterocycles. The lowest BCUT2D eigenvalue weighted by Crippen LogP contribution is -2.24. The van der Waals surface area contributed by atoms with Gasteiger partial charge in [0.1, 0.15) is 4.83 Å². The first kappa shape index (κ1) is 15.9. The van der Waals surface area contributed by atoms with Crippen LogP contribution in [0.15, 0.2) is 46.8 Å². The lowest BCUT2D eigenvalue weighted by Gasteiger charge is -2.10. The quantitative estimate of drug-likeness (QED) is 0.714. The summed E-state index contributed by atoms with van der Waals surface area (Å²) in [6, 6.07) is 13.9. The van der Waals surface area contributed by atoms with Crippen LogP contribution in [0, 0.1) is 28.6 Å². The first-order chi connectivity index (χ1) is 11.7. The average molecular weight is 334 g/mol. The van der Waals surface area contributed by atoms with Gasteiger partial charge in [-0.3, -0.25) is 9.36 Å². The van der Waals surface area contributed by atoms with E-state index in [1.54, 1.807) is 0 Å². The Hall–Kier alpha value is -2.96. The van der Waals surface area contributed by atoms with Gasteiger partial charge in [-0.05, 0) is 12.0 Å². The molecule has 5 nitrogen and oxygen atoms in total. The highest BCUT2D eigenvalue weighted by Crippen LogP contribution is 2.30. The molecule has 1 aromatic carbocycles. The molecule has 0 saturated carbocycles. The molecule has 3 rings (SSSR count). The molecule has 0 amide bonds. The average Bonchev–Trinajstić information content (AvgIpc) is 3.06. The minimum Gasteiger partial charge on any atom is -0.297 e. The zero-order valence-electron chi connectivity index (χ0n) is 12.8. The van der Waals surface area contributed by atoms with Crippen LogP contribution in [0.25, 0.3) is 21.3 Å². The fourth-order valence-electron chi connectivity index (χ4n) is 2.60. The second-order valence-corrected chi connectivity index (χ2v) is 6.28. The number of thiophene rings is 1. The number of rotatable bonds is 5. The molecular weight excluding hydrogens is 320 g/mol. The van der Waals surface area contributed by atoms with E-state index in [1.807, 2.05) is 41.8 Å². The van der Waals surface area contributed by atoms with Crippen molar-refractivity contribution in [3.05, 3.63) is 52.4 Å². The van der Waals surface area contributed by atoms with Crippen molar-refractivity contribution in [1.82, 2.24) is 9.55 Å². The largest absolute Gasteiger partial charge is 0.297 e. The van der Waals surface area contributed by atoms with Gasteiger partial charge in [0.15, 0.2) is 0 Å². The molecule has 0 fully saturated rings. The van der Waals surface area contributed by atoms with E-state index in [4.69, 9.17) is 5.26 Å². The summed E-state index contributed by atoms with van der Waals surface area (Å²) in [6.45, 7) is 0.254. The topological polar surface area (TPSA) is 82.5 Å². The molecule has 0 N–H and O–H groups in total.